The first-order valence-corrected chi connectivity index (χ1v) is 5.76. The molecule has 0 aliphatic carbocycles. The number of aliphatic hydroxyl groups excluding tert-OH is 1. The Morgan fingerprint density at radius 3 is 2.69 bits per heavy atom. The summed E-state index contributed by atoms with van der Waals surface area (Å²) in [4.78, 5) is 10.7. The first-order chi connectivity index (χ1) is 6.20. The van der Waals surface area contributed by atoms with E-state index >= 15 is 0 Å². The molecule has 1 N–H and O–H groups in total. The van der Waals surface area contributed by atoms with Gasteiger partial charge < -0.3 is 9.84 Å². The normalized spacial score (nSPS) is 12.5. The predicted octanol–water partition coefficient (Wildman–Crippen LogP) is 2.21. The molecule has 3 nitrogen and oxygen atoms in total. The molecule has 0 radical (unpaired) electrons. The van der Waals surface area contributed by atoms with Gasteiger partial charge in [-0.1, -0.05) is 42.1 Å². The lowest BCUT2D eigenvalue weighted by Crippen LogP contribution is -2.18. The molecule has 1 unspecified atom stereocenters. The van der Waals surface area contributed by atoms with Gasteiger partial charge in [0.25, 0.3) is 0 Å². The maximum Gasteiger partial charge on any atom is 0.318 e. The van der Waals surface area contributed by atoms with Crippen LogP contribution in [0.25, 0.3) is 0 Å². The van der Waals surface area contributed by atoms with E-state index in [1.807, 2.05) is 0 Å². The van der Waals surface area contributed by atoms with Crippen LogP contribution in [0.1, 0.15) is 39.0 Å². The molecule has 13 heavy (non-hydrogen) atoms. The Balaban J connectivity index is 3.29. The summed E-state index contributed by atoms with van der Waals surface area (Å²) in [6, 6.07) is 0. The number of carbonyl (C=O) groups excluding carboxylic acids is 1. The summed E-state index contributed by atoms with van der Waals surface area (Å²) in [6.45, 7) is 2.13. The highest BCUT2D eigenvalue weighted by atomic mass is 79.9. The van der Waals surface area contributed by atoms with Crippen molar-refractivity contribution in [2.45, 2.75) is 45.3 Å². The van der Waals surface area contributed by atoms with E-state index in [2.05, 4.69) is 27.6 Å². The number of unbranched alkanes of at least 4 members (excludes halogenated alkanes) is 3. The van der Waals surface area contributed by atoms with Crippen molar-refractivity contribution >= 4 is 21.9 Å². The minimum absolute atomic E-state index is 0.138. The van der Waals surface area contributed by atoms with Gasteiger partial charge in [-0.05, 0) is 6.42 Å². The van der Waals surface area contributed by atoms with Gasteiger partial charge >= 0.3 is 5.97 Å². The third kappa shape index (κ3) is 8.25. The SMILES string of the molecule is CCCCCCC(O)OC(=O)CBr. The summed E-state index contributed by atoms with van der Waals surface area (Å²) in [5, 5.41) is 9.32. The average molecular weight is 253 g/mol. The number of rotatable bonds is 7. The maximum atomic E-state index is 10.7. The summed E-state index contributed by atoms with van der Waals surface area (Å²) in [5.41, 5.74) is 0. The highest BCUT2D eigenvalue weighted by molar-refractivity contribution is 9.09. The van der Waals surface area contributed by atoms with Crippen LogP contribution in [0.3, 0.4) is 0 Å². The Morgan fingerprint density at radius 1 is 1.46 bits per heavy atom. The number of alkyl halides is 1. The summed E-state index contributed by atoms with van der Waals surface area (Å²) >= 11 is 2.95. The minimum atomic E-state index is -0.929. The first-order valence-electron chi connectivity index (χ1n) is 4.64. The van der Waals surface area contributed by atoms with Crippen LogP contribution < -0.4 is 0 Å². The fourth-order valence-electron chi connectivity index (χ4n) is 0.988. The van der Waals surface area contributed by atoms with Crippen LogP contribution in [0, 0.1) is 0 Å². The van der Waals surface area contributed by atoms with Gasteiger partial charge in [0.1, 0.15) is 5.33 Å². The maximum absolute atomic E-state index is 10.7. The van der Waals surface area contributed by atoms with Crippen molar-refractivity contribution in [3.8, 4) is 0 Å². The first kappa shape index (κ1) is 12.9. The quantitative estimate of drug-likeness (QED) is 0.327. The largest absolute Gasteiger partial charge is 0.435 e. The van der Waals surface area contributed by atoms with E-state index in [9.17, 15) is 9.90 Å². The molecule has 0 bridgehead atoms. The number of aliphatic hydroxyl groups is 1. The number of ether oxygens (including phenoxy) is 1. The van der Waals surface area contributed by atoms with Crippen LogP contribution in [-0.4, -0.2) is 22.7 Å². The molecule has 0 aliphatic rings. The van der Waals surface area contributed by atoms with Gasteiger partial charge in [-0.2, -0.15) is 0 Å². The Hall–Kier alpha value is -0.0900. The fraction of sp³-hybridized carbons (Fsp3) is 0.889. The number of hydrogen-bond donors (Lipinski definition) is 1. The molecule has 0 aliphatic heterocycles. The summed E-state index contributed by atoms with van der Waals surface area (Å²) in [5.74, 6) is -0.414. The van der Waals surface area contributed by atoms with E-state index in [-0.39, 0.29) is 5.33 Å². The third-order valence-electron chi connectivity index (χ3n) is 1.68. The van der Waals surface area contributed by atoms with Crippen molar-refractivity contribution in [3.05, 3.63) is 0 Å². The molecule has 0 amide bonds. The van der Waals surface area contributed by atoms with Gasteiger partial charge in [0, 0.05) is 6.42 Å². The van der Waals surface area contributed by atoms with Gasteiger partial charge in [-0.25, -0.2) is 0 Å². The highest BCUT2D eigenvalue weighted by Crippen LogP contribution is 2.06. The highest BCUT2D eigenvalue weighted by Gasteiger charge is 2.08. The Labute approximate surface area is 87.6 Å². The van der Waals surface area contributed by atoms with Gasteiger partial charge in [-0.15, -0.1) is 0 Å². The molecule has 0 heterocycles. The summed E-state index contributed by atoms with van der Waals surface area (Å²) < 4.78 is 4.65. The van der Waals surface area contributed by atoms with Crippen molar-refractivity contribution < 1.29 is 14.6 Å². The molecule has 1 atom stereocenters. The van der Waals surface area contributed by atoms with E-state index in [1.54, 1.807) is 0 Å². The molecule has 0 saturated carbocycles. The molecular weight excluding hydrogens is 236 g/mol. The number of hydrogen-bond acceptors (Lipinski definition) is 3. The second-order valence-corrected chi connectivity index (χ2v) is 3.49. The van der Waals surface area contributed by atoms with Crippen molar-refractivity contribution in [1.29, 1.82) is 0 Å². The molecule has 0 spiro atoms. The topological polar surface area (TPSA) is 46.5 Å². The van der Waals surface area contributed by atoms with E-state index in [0.717, 1.165) is 19.3 Å². The van der Waals surface area contributed by atoms with E-state index in [4.69, 9.17) is 0 Å². The molecule has 0 saturated heterocycles. The number of halogens is 1. The average Bonchev–Trinajstić information content (AvgIpc) is 2.12. The zero-order chi connectivity index (χ0) is 10.1. The zero-order valence-corrected chi connectivity index (χ0v) is 9.55. The zero-order valence-electron chi connectivity index (χ0n) is 7.96. The molecule has 78 valence electrons. The monoisotopic (exact) mass is 252 g/mol. The molecule has 0 aromatic rings. The van der Waals surface area contributed by atoms with E-state index in [1.165, 1.54) is 6.42 Å². The Bertz CT molecular complexity index is 139. The molecule has 0 fully saturated rings. The number of carbonyl (C=O) groups is 1. The molecular formula is C9H17BrO3. The third-order valence-corrected chi connectivity index (χ3v) is 2.14. The lowest BCUT2D eigenvalue weighted by Gasteiger charge is -2.10. The van der Waals surface area contributed by atoms with E-state index in [0.29, 0.717) is 6.42 Å². The smallest absolute Gasteiger partial charge is 0.318 e. The Kier molecular flexibility index (Phi) is 8.45. The molecule has 0 aromatic heterocycles. The van der Waals surface area contributed by atoms with E-state index < -0.39 is 12.3 Å². The van der Waals surface area contributed by atoms with Gasteiger partial charge in [0.2, 0.25) is 6.29 Å². The standard InChI is InChI=1S/C9H17BrO3/c1-2-3-4-5-6-8(11)13-9(12)7-10/h8,11H,2-7H2,1H3. The lowest BCUT2D eigenvalue weighted by atomic mass is 10.1. The van der Waals surface area contributed by atoms with Crippen molar-refractivity contribution in [2.75, 3.05) is 5.33 Å². The number of esters is 1. The van der Waals surface area contributed by atoms with Gasteiger partial charge in [0.05, 0.1) is 0 Å². The molecule has 0 aromatic carbocycles. The minimum Gasteiger partial charge on any atom is -0.435 e. The summed E-state index contributed by atoms with van der Waals surface area (Å²) in [7, 11) is 0. The molecule has 0 rings (SSSR count). The van der Waals surface area contributed by atoms with Crippen LogP contribution in [0.4, 0.5) is 0 Å². The Morgan fingerprint density at radius 2 is 2.15 bits per heavy atom. The van der Waals surface area contributed by atoms with Crippen LogP contribution in [0.2, 0.25) is 0 Å². The van der Waals surface area contributed by atoms with Crippen molar-refractivity contribution in [3.63, 3.8) is 0 Å². The molecule has 4 heteroatoms. The lowest BCUT2D eigenvalue weighted by molar-refractivity contribution is -0.165. The van der Waals surface area contributed by atoms with Crippen LogP contribution >= 0.6 is 15.9 Å². The van der Waals surface area contributed by atoms with Crippen LogP contribution in [-0.2, 0) is 9.53 Å². The van der Waals surface area contributed by atoms with Crippen LogP contribution in [0.15, 0.2) is 0 Å². The van der Waals surface area contributed by atoms with Crippen molar-refractivity contribution in [2.24, 2.45) is 0 Å². The van der Waals surface area contributed by atoms with Crippen LogP contribution in [0.5, 0.6) is 0 Å². The van der Waals surface area contributed by atoms with Crippen molar-refractivity contribution in [1.82, 2.24) is 0 Å². The van der Waals surface area contributed by atoms with Gasteiger partial charge in [0.15, 0.2) is 0 Å². The fourth-order valence-corrected chi connectivity index (χ4v) is 1.12. The predicted molar refractivity (Wildman–Crippen MR) is 54.7 cm³/mol. The van der Waals surface area contributed by atoms with Gasteiger partial charge in [-0.3, -0.25) is 4.79 Å². The second kappa shape index (κ2) is 8.51. The summed E-state index contributed by atoms with van der Waals surface area (Å²) in [6.07, 6.45) is 3.93. The second-order valence-electron chi connectivity index (χ2n) is 2.93.